The monoisotopic (exact) mass is 558 g/mol. The Balaban J connectivity index is 0.00000480. The molecule has 0 bridgehead atoms. The molecular weight excluding hydrogens is 524 g/mol. The van der Waals surface area contributed by atoms with Crippen LogP contribution in [0.25, 0.3) is 0 Å². The molecule has 6 nitrogen and oxygen atoms in total. The van der Waals surface area contributed by atoms with Crippen molar-refractivity contribution in [2.24, 2.45) is 10.9 Å². The largest absolute Gasteiger partial charge is 0.411 e. The Labute approximate surface area is 200 Å². The summed E-state index contributed by atoms with van der Waals surface area (Å²) in [5, 5.41) is 6.68. The van der Waals surface area contributed by atoms with Gasteiger partial charge in [-0.05, 0) is 17.0 Å². The number of benzene rings is 1. The average Bonchev–Trinajstić information content (AvgIpc) is 2.71. The van der Waals surface area contributed by atoms with Crippen molar-refractivity contribution in [3.05, 3.63) is 35.4 Å². The van der Waals surface area contributed by atoms with Gasteiger partial charge < -0.3 is 20.1 Å². The van der Waals surface area contributed by atoms with E-state index >= 15 is 0 Å². The van der Waals surface area contributed by atoms with Gasteiger partial charge >= 0.3 is 6.18 Å². The predicted octanol–water partition coefficient (Wildman–Crippen LogP) is 3.41. The fraction of sp³-hybridized carbons (Fsp3) is 0.667. The average molecular weight is 558 g/mol. The van der Waals surface area contributed by atoms with E-state index < -0.39 is 12.8 Å². The molecule has 1 fully saturated rings. The number of hydrogen-bond acceptors (Lipinski definition) is 4. The second-order valence-electron chi connectivity index (χ2n) is 7.69. The lowest BCUT2D eigenvalue weighted by molar-refractivity contribution is -0.176. The molecule has 1 atom stereocenters. The number of alkyl halides is 3. The zero-order valence-corrected chi connectivity index (χ0v) is 20.7. The highest BCUT2D eigenvalue weighted by atomic mass is 127. The van der Waals surface area contributed by atoms with Crippen LogP contribution in [0, 0.1) is 5.92 Å². The summed E-state index contributed by atoms with van der Waals surface area (Å²) in [6.07, 6.45) is -4.30. The number of halogens is 4. The molecule has 0 aromatic heterocycles. The molecule has 0 amide bonds. The van der Waals surface area contributed by atoms with E-state index in [0.717, 1.165) is 38.4 Å². The molecule has 1 aliphatic heterocycles. The maximum atomic E-state index is 12.1. The van der Waals surface area contributed by atoms with E-state index in [0.29, 0.717) is 30.0 Å². The van der Waals surface area contributed by atoms with Gasteiger partial charge in [0, 0.05) is 39.3 Å². The van der Waals surface area contributed by atoms with Crippen LogP contribution in [0.2, 0.25) is 0 Å². The van der Waals surface area contributed by atoms with Crippen LogP contribution in [0.4, 0.5) is 13.2 Å². The predicted molar refractivity (Wildman–Crippen MR) is 127 cm³/mol. The third-order valence-electron chi connectivity index (χ3n) is 5.00. The van der Waals surface area contributed by atoms with E-state index in [9.17, 15) is 13.2 Å². The lowest BCUT2D eigenvalue weighted by atomic mass is 10.0. The van der Waals surface area contributed by atoms with Crippen LogP contribution in [0.5, 0.6) is 0 Å². The fourth-order valence-electron chi connectivity index (χ4n) is 3.34. The Morgan fingerprint density at radius 2 is 1.74 bits per heavy atom. The molecule has 1 saturated heterocycles. The molecular formula is C21H34F3IN4O2. The van der Waals surface area contributed by atoms with Gasteiger partial charge in [-0.15, -0.1) is 24.0 Å². The summed E-state index contributed by atoms with van der Waals surface area (Å²) in [6.45, 7) is 7.91. The number of guanidine groups is 1. The number of morpholine rings is 1. The number of rotatable bonds is 9. The molecule has 178 valence electrons. The first-order valence-corrected chi connectivity index (χ1v) is 10.3. The van der Waals surface area contributed by atoms with Gasteiger partial charge in [0.15, 0.2) is 5.96 Å². The summed E-state index contributed by atoms with van der Waals surface area (Å²) in [5.41, 5.74) is 1.71. The Hall–Kier alpha value is -1.11. The highest BCUT2D eigenvalue weighted by Gasteiger charge is 2.27. The Kier molecular flexibility index (Phi) is 12.7. The third-order valence-corrected chi connectivity index (χ3v) is 5.00. The van der Waals surface area contributed by atoms with Crippen molar-refractivity contribution in [3.63, 3.8) is 0 Å². The second kappa shape index (κ2) is 14.1. The zero-order valence-electron chi connectivity index (χ0n) is 18.4. The van der Waals surface area contributed by atoms with Crippen LogP contribution < -0.4 is 10.6 Å². The highest BCUT2D eigenvalue weighted by Crippen LogP contribution is 2.16. The van der Waals surface area contributed by atoms with Crippen molar-refractivity contribution < 1.29 is 22.6 Å². The number of aliphatic imine (C=N–C) groups is 1. The number of nitrogens with zero attached hydrogens (tertiary/aromatic N) is 2. The smallest absolute Gasteiger partial charge is 0.379 e. The van der Waals surface area contributed by atoms with Crippen LogP contribution in [-0.4, -0.2) is 69.6 Å². The molecule has 31 heavy (non-hydrogen) atoms. The molecule has 1 heterocycles. The van der Waals surface area contributed by atoms with Gasteiger partial charge in [-0.2, -0.15) is 13.2 Å². The molecule has 1 aromatic carbocycles. The first-order chi connectivity index (χ1) is 14.3. The van der Waals surface area contributed by atoms with Crippen LogP contribution >= 0.6 is 24.0 Å². The van der Waals surface area contributed by atoms with Crippen molar-refractivity contribution >= 4 is 29.9 Å². The Morgan fingerprint density at radius 3 is 2.29 bits per heavy atom. The lowest BCUT2D eigenvalue weighted by Crippen LogP contribution is -2.52. The normalized spacial score (nSPS) is 16.7. The van der Waals surface area contributed by atoms with E-state index in [1.807, 2.05) is 12.1 Å². The minimum absolute atomic E-state index is 0. The van der Waals surface area contributed by atoms with Crippen molar-refractivity contribution in [1.82, 2.24) is 15.5 Å². The molecule has 0 saturated carbocycles. The van der Waals surface area contributed by atoms with E-state index in [1.54, 1.807) is 19.2 Å². The van der Waals surface area contributed by atoms with E-state index in [2.05, 4.69) is 39.1 Å². The van der Waals surface area contributed by atoms with Gasteiger partial charge in [-0.3, -0.25) is 9.89 Å². The molecule has 1 unspecified atom stereocenters. The maximum absolute atomic E-state index is 12.1. The zero-order chi connectivity index (χ0) is 22.0. The summed E-state index contributed by atoms with van der Waals surface area (Å²) in [7, 11) is 1.73. The third kappa shape index (κ3) is 10.8. The van der Waals surface area contributed by atoms with Gasteiger partial charge in [0.2, 0.25) is 0 Å². The van der Waals surface area contributed by atoms with Crippen molar-refractivity contribution in [1.29, 1.82) is 0 Å². The van der Waals surface area contributed by atoms with Gasteiger partial charge in [0.25, 0.3) is 0 Å². The first kappa shape index (κ1) is 27.9. The Bertz CT molecular complexity index is 651. The summed E-state index contributed by atoms with van der Waals surface area (Å²) in [4.78, 5) is 6.74. The van der Waals surface area contributed by atoms with Crippen LogP contribution in [0.3, 0.4) is 0 Å². The van der Waals surface area contributed by atoms with Gasteiger partial charge in [-0.1, -0.05) is 38.1 Å². The van der Waals surface area contributed by atoms with Gasteiger partial charge in [0.05, 0.1) is 19.8 Å². The summed E-state index contributed by atoms with van der Waals surface area (Å²) in [6, 6.07) is 7.69. The highest BCUT2D eigenvalue weighted by molar-refractivity contribution is 14.0. The molecule has 1 aliphatic rings. The molecule has 2 N–H and O–H groups in total. The van der Waals surface area contributed by atoms with Crippen LogP contribution in [0.1, 0.15) is 25.0 Å². The molecule has 2 rings (SSSR count). The lowest BCUT2D eigenvalue weighted by Gasteiger charge is -2.37. The SMILES string of the molecule is CN=C(NCc1ccc(COCC(F)(F)F)cc1)NCC(C(C)C)N1CCOCC1.I. The quantitative estimate of drug-likeness (QED) is 0.277. The van der Waals surface area contributed by atoms with Crippen LogP contribution in [0.15, 0.2) is 29.3 Å². The van der Waals surface area contributed by atoms with Crippen molar-refractivity contribution in [3.8, 4) is 0 Å². The van der Waals surface area contributed by atoms with Crippen molar-refractivity contribution in [2.45, 2.75) is 39.2 Å². The number of hydrogen-bond donors (Lipinski definition) is 2. The minimum atomic E-state index is -4.30. The topological polar surface area (TPSA) is 58.1 Å². The van der Waals surface area contributed by atoms with E-state index in [1.165, 1.54) is 0 Å². The van der Waals surface area contributed by atoms with E-state index in [-0.39, 0.29) is 30.6 Å². The standard InChI is InChI=1S/C21H33F3N4O2.HI/c1-16(2)19(28-8-10-29-11-9-28)13-27-20(25-3)26-12-17-4-6-18(7-5-17)14-30-15-21(22,23)24;/h4-7,16,19H,8-15H2,1-3H3,(H2,25,26,27);1H. The molecule has 1 aromatic rings. The summed E-state index contributed by atoms with van der Waals surface area (Å²) < 4.78 is 46.5. The molecule has 0 spiro atoms. The second-order valence-corrected chi connectivity index (χ2v) is 7.69. The van der Waals surface area contributed by atoms with E-state index in [4.69, 9.17) is 4.74 Å². The number of ether oxygens (including phenoxy) is 2. The fourth-order valence-corrected chi connectivity index (χ4v) is 3.34. The number of nitrogens with one attached hydrogen (secondary N) is 2. The summed E-state index contributed by atoms with van der Waals surface area (Å²) >= 11 is 0. The summed E-state index contributed by atoms with van der Waals surface area (Å²) in [5.74, 6) is 1.22. The molecule has 0 radical (unpaired) electrons. The molecule has 0 aliphatic carbocycles. The molecule has 10 heteroatoms. The van der Waals surface area contributed by atoms with Gasteiger partial charge in [-0.25, -0.2) is 0 Å². The van der Waals surface area contributed by atoms with Crippen LogP contribution in [-0.2, 0) is 22.6 Å². The minimum Gasteiger partial charge on any atom is -0.379 e. The van der Waals surface area contributed by atoms with Gasteiger partial charge in [0.1, 0.15) is 6.61 Å². The Morgan fingerprint density at radius 1 is 1.13 bits per heavy atom. The van der Waals surface area contributed by atoms with Crippen molar-refractivity contribution in [2.75, 3.05) is 46.5 Å². The maximum Gasteiger partial charge on any atom is 0.411 e. The first-order valence-electron chi connectivity index (χ1n) is 10.3.